The first kappa shape index (κ1) is 10.4. The quantitative estimate of drug-likeness (QED) is 0.665. The molecular weight excluding hydrogens is 192 g/mol. The zero-order valence-electron chi connectivity index (χ0n) is 8.90. The van der Waals surface area contributed by atoms with Crippen molar-refractivity contribution in [3.8, 4) is 0 Å². The molecule has 0 aliphatic heterocycles. The van der Waals surface area contributed by atoms with Crippen LogP contribution >= 0.6 is 0 Å². The Morgan fingerprint density at radius 3 is 3.20 bits per heavy atom. The fourth-order valence-corrected chi connectivity index (χ4v) is 2.56. The van der Waals surface area contributed by atoms with Crippen molar-refractivity contribution in [2.24, 2.45) is 5.92 Å². The van der Waals surface area contributed by atoms with Gasteiger partial charge in [-0.15, -0.1) is 0 Å². The second-order valence-electron chi connectivity index (χ2n) is 4.23. The van der Waals surface area contributed by atoms with E-state index in [1.54, 1.807) is 0 Å². The van der Waals surface area contributed by atoms with Crippen molar-refractivity contribution in [2.75, 3.05) is 7.11 Å². The minimum atomic E-state index is -1.37. The summed E-state index contributed by atoms with van der Waals surface area (Å²) in [4.78, 5) is 11.6. The van der Waals surface area contributed by atoms with E-state index < -0.39 is 11.6 Å². The zero-order chi connectivity index (χ0) is 10.9. The molecule has 0 aromatic heterocycles. The molecule has 2 rings (SSSR count). The van der Waals surface area contributed by atoms with Crippen LogP contribution in [-0.4, -0.2) is 23.8 Å². The molecule has 0 amide bonds. The standard InChI is InChI=1S/C12H16O3/c1-15-11(13)12(14)8-4-6-9-5-2-3-7-10(9)12/h2-3,7,9,14H,4-6,8H2,1H3. The average molecular weight is 208 g/mol. The Morgan fingerprint density at radius 2 is 2.47 bits per heavy atom. The normalized spacial score (nSPS) is 34.3. The summed E-state index contributed by atoms with van der Waals surface area (Å²) in [6.45, 7) is 0. The van der Waals surface area contributed by atoms with Crippen LogP contribution in [0.15, 0.2) is 23.8 Å². The number of carbonyl (C=O) groups is 1. The second-order valence-corrected chi connectivity index (χ2v) is 4.23. The number of aliphatic hydroxyl groups is 1. The van der Waals surface area contributed by atoms with E-state index in [1.165, 1.54) is 7.11 Å². The van der Waals surface area contributed by atoms with Crippen molar-refractivity contribution >= 4 is 5.97 Å². The van der Waals surface area contributed by atoms with E-state index in [1.807, 2.05) is 12.2 Å². The lowest BCUT2D eigenvalue weighted by atomic mass is 9.70. The molecule has 15 heavy (non-hydrogen) atoms. The van der Waals surface area contributed by atoms with Crippen LogP contribution in [0.1, 0.15) is 25.7 Å². The molecule has 2 atom stereocenters. The van der Waals surface area contributed by atoms with Crippen LogP contribution in [0.4, 0.5) is 0 Å². The van der Waals surface area contributed by atoms with E-state index in [0.29, 0.717) is 12.3 Å². The summed E-state index contributed by atoms with van der Waals surface area (Å²) in [6, 6.07) is 0. The minimum Gasteiger partial charge on any atom is -0.467 e. The molecule has 0 aromatic rings. The van der Waals surface area contributed by atoms with Gasteiger partial charge in [-0.2, -0.15) is 0 Å². The molecule has 1 fully saturated rings. The van der Waals surface area contributed by atoms with Crippen LogP contribution in [0.2, 0.25) is 0 Å². The summed E-state index contributed by atoms with van der Waals surface area (Å²) in [6.07, 6.45) is 9.18. The lowest BCUT2D eigenvalue weighted by Gasteiger charge is -2.38. The number of fused-ring (bicyclic) bond motifs is 1. The lowest BCUT2D eigenvalue weighted by Crippen LogP contribution is -2.46. The van der Waals surface area contributed by atoms with Gasteiger partial charge in [0.05, 0.1) is 7.11 Å². The van der Waals surface area contributed by atoms with Gasteiger partial charge in [0.2, 0.25) is 0 Å². The predicted octanol–water partition coefficient (Wildman–Crippen LogP) is 1.58. The summed E-state index contributed by atoms with van der Waals surface area (Å²) >= 11 is 0. The second kappa shape index (κ2) is 3.81. The smallest absolute Gasteiger partial charge is 0.342 e. The van der Waals surface area contributed by atoms with Crippen LogP contribution in [0.3, 0.4) is 0 Å². The number of hydrogen-bond donors (Lipinski definition) is 1. The molecule has 82 valence electrons. The van der Waals surface area contributed by atoms with E-state index >= 15 is 0 Å². The van der Waals surface area contributed by atoms with Crippen molar-refractivity contribution in [1.82, 2.24) is 0 Å². The Balaban J connectivity index is 2.34. The van der Waals surface area contributed by atoms with Crippen molar-refractivity contribution < 1.29 is 14.6 Å². The molecule has 3 heteroatoms. The fourth-order valence-electron chi connectivity index (χ4n) is 2.56. The Kier molecular flexibility index (Phi) is 2.65. The third-order valence-electron chi connectivity index (χ3n) is 3.36. The highest BCUT2D eigenvalue weighted by Gasteiger charge is 2.46. The largest absolute Gasteiger partial charge is 0.467 e. The van der Waals surface area contributed by atoms with Gasteiger partial charge in [0.15, 0.2) is 5.60 Å². The average Bonchev–Trinajstić information content (AvgIpc) is 2.28. The van der Waals surface area contributed by atoms with Gasteiger partial charge in [-0.3, -0.25) is 0 Å². The van der Waals surface area contributed by atoms with Gasteiger partial charge in [0.1, 0.15) is 0 Å². The first-order chi connectivity index (χ1) is 7.18. The third-order valence-corrected chi connectivity index (χ3v) is 3.36. The van der Waals surface area contributed by atoms with Crippen LogP contribution in [0.25, 0.3) is 0 Å². The van der Waals surface area contributed by atoms with Gasteiger partial charge in [-0.1, -0.05) is 18.2 Å². The number of rotatable bonds is 1. The number of hydrogen-bond acceptors (Lipinski definition) is 3. The van der Waals surface area contributed by atoms with Gasteiger partial charge >= 0.3 is 5.97 Å². The molecule has 0 heterocycles. The maximum Gasteiger partial charge on any atom is 0.342 e. The maximum atomic E-state index is 11.6. The summed E-state index contributed by atoms with van der Waals surface area (Å²) < 4.78 is 4.69. The zero-order valence-corrected chi connectivity index (χ0v) is 8.90. The highest BCUT2D eigenvalue weighted by atomic mass is 16.5. The van der Waals surface area contributed by atoms with Gasteiger partial charge in [0, 0.05) is 0 Å². The molecule has 1 N–H and O–H groups in total. The van der Waals surface area contributed by atoms with Gasteiger partial charge < -0.3 is 9.84 Å². The highest BCUT2D eigenvalue weighted by molar-refractivity contribution is 5.84. The molecular formula is C12H16O3. The molecule has 0 radical (unpaired) electrons. The number of ether oxygens (including phenoxy) is 1. The number of esters is 1. The molecule has 2 unspecified atom stereocenters. The van der Waals surface area contributed by atoms with E-state index in [4.69, 9.17) is 0 Å². The SMILES string of the molecule is COC(=O)C1(O)CCCC2CC=CC=C21. The lowest BCUT2D eigenvalue weighted by molar-refractivity contribution is -0.160. The van der Waals surface area contributed by atoms with Crippen molar-refractivity contribution in [2.45, 2.75) is 31.3 Å². The number of methoxy groups -OCH3 is 1. The Morgan fingerprint density at radius 1 is 1.67 bits per heavy atom. The monoisotopic (exact) mass is 208 g/mol. The highest BCUT2D eigenvalue weighted by Crippen LogP contribution is 2.41. The summed E-state index contributed by atoms with van der Waals surface area (Å²) in [5.41, 5.74) is -0.536. The first-order valence-electron chi connectivity index (χ1n) is 5.36. The third kappa shape index (κ3) is 1.61. The van der Waals surface area contributed by atoms with Crippen molar-refractivity contribution in [1.29, 1.82) is 0 Å². The Bertz CT molecular complexity index is 330. The minimum absolute atomic E-state index is 0.313. The molecule has 0 bridgehead atoms. The fraction of sp³-hybridized carbons (Fsp3) is 0.583. The van der Waals surface area contributed by atoms with E-state index in [0.717, 1.165) is 24.8 Å². The van der Waals surface area contributed by atoms with Crippen LogP contribution < -0.4 is 0 Å². The van der Waals surface area contributed by atoms with Gasteiger partial charge in [-0.05, 0) is 37.2 Å². The van der Waals surface area contributed by atoms with E-state index in [2.05, 4.69) is 10.8 Å². The topological polar surface area (TPSA) is 46.5 Å². The molecule has 1 saturated carbocycles. The van der Waals surface area contributed by atoms with E-state index in [-0.39, 0.29) is 0 Å². The van der Waals surface area contributed by atoms with Crippen LogP contribution in [0, 0.1) is 5.92 Å². The van der Waals surface area contributed by atoms with Gasteiger partial charge in [-0.25, -0.2) is 4.79 Å². The summed E-state index contributed by atoms with van der Waals surface area (Å²) in [7, 11) is 1.32. The summed E-state index contributed by atoms with van der Waals surface area (Å²) in [5, 5.41) is 10.4. The first-order valence-corrected chi connectivity index (χ1v) is 5.36. The van der Waals surface area contributed by atoms with Crippen molar-refractivity contribution in [3.05, 3.63) is 23.8 Å². The maximum absolute atomic E-state index is 11.6. The molecule has 2 aliphatic carbocycles. The molecule has 0 saturated heterocycles. The Hall–Kier alpha value is -1.09. The number of carbonyl (C=O) groups excluding carboxylic acids is 1. The van der Waals surface area contributed by atoms with Crippen molar-refractivity contribution in [3.63, 3.8) is 0 Å². The molecule has 2 aliphatic rings. The molecule has 0 aromatic carbocycles. The predicted molar refractivity (Wildman–Crippen MR) is 56.1 cm³/mol. The van der Waals surface area contributed by atoms with Crippen LogP contribution in [-0.2, 0) is 9.53 Å². The molecule has 0 spiro atoms. The Labute approximate surface area is 89.4 Å². The summed E-state index contributed by atoms with van der Waals surface area (Å²) in [5.74, 6) is -0.207. The van der Waals surface area contributed by atoms with Gasteiger partial charge in [0.25, 0.3) is 0 Å². The number of allylic oxidation sites excluding steroid dienone is 3. The van der Waals surface area contributed by atoms with E-state index in [9.17, 15) is 9.90 Å². The molecule has 3 nitrogen and oxygen atoms in total. The van der Waals surface area contributed by atoms with Crippen LogP contribution in [0.5, 0.6) is 0 Å².